The van der Waals surface area contributed by atoms with Crippen LogP contribution in [-0.2, 0) is 4.79 Å². The van der Waals surface area contributed by atoms with Crippen molar-refractivity contribution in [3.63, 3.8) is 0 Å². The average molecular weight is 412 g/mol. The minimum absolute atomic E-state index is 0.125. The number of nitrogens with zero attached hydrogens (tertiary/aromatic N) is 2. The molecule has 0 bridgehead atoms. The number of amides is 1. The highest BCUT2D eigenvalue weighted by Crippen LogP contribution is 2.47. The van der Waals surface area contributed by atoms with Crippen LogP contribution in [0.5, 0.6) is 0 Å². The van der Waals surface area contributed by atoms with E-state index in [-0.39, 0.29) is 23.1 Å². The lowest BCUT2D eigenvalue weighted by Gasteiger charge is -2.39. The zero-order valence-electron chi connectivity index (χ0n) is 17.6. The molecule has 3 aromatic rings. The molecule has 0 unspecified atom stereocenters. The smallest absolute Gasteiger partial charge is 0.255 e. The van der Waals surface area contributed by atoms with Gasteiger partial charge in [-0.05, 0) is 29.5 Å². The monoisotopic (exact) mass is 412 g/mol. The Morgan fingerprint density at radius 2 is 1.74 bits per heavy atom. The first-order valence-electron chi connectivity index (χ1n) is 10.4. The largest absolute Gasteiger partial charge is 0.342 e. The molecule has 0 spiro atoms. The van der Waals surface area contributed by atoms with Crippen LogP contribution in [-0.4, -0.2) is 21.5 Å². The van der Waals surface area contributed by atoms with E-state index >= 15 is 0 Å². The molecule has 2 heterocycles. The summed E-state index contributed by atoms with van der Waals surface area (Å²) in [6.45, 7) is 4.22. The third-order valence-electron chi connectivity index (χ3n) is 5.90. The molecule has 1 aliphatic carbocycles. The van der Waals surface area contributed by atoms with Crippen LogP contribution in [0.25, 0.3) is 0 Å². The van der Waals surface area contributed by atoms with Crippen molar-refractivity contribution in [3.8, 4) is 0 Å². The summed E-state index contributed by atoms with van der Waals surface area (Å²) in [6, 6.07) is 18.7. The predicted octanol–water partition coefficient (Wildman–Crippen LogP) is 4.79. The normalized spacial score (nSPS) is 19.3. The van der Waals surface area contributed by atoms with Gasteiger partial charge in [-0.1, -0.05) is 62.4 Å². The Kier molecular flexibility index (Phi) is 4.50. The van der Waals surface area contributed by atoms with Crippen LogP contribution in [0.1, 0.15) is 48.7 Å². The van der Waals surface area contributed by atoms with E-state index < -0.39 is 0 Å². The Bertz CT molecular complexity index is 1190. The zero-order chi connectivity index (χ0) is 21.6. The molecular formula is C25H24N4O2. The van der Waals surface area contributed by atoms with Crippen LogP contribution in [0, 0.1) is 5.41 Å². The fourth-order valence-electron chi connectivity index (χ4n) is 4.53. The minimum atomic E-state index is -0.321. The van der Waals surface area contributed by atoms with Crippen molar-refractivity contribution in [2.45, 2.75) is 32.7 Å². The number of ketones is 1. The van der Waals surface area contributed by atoms with E-state index in [1.807, 2.05) is 53.2 Å². The van der Waals surface area contributed by atoms with Crippen LogP contribution in [0.15, 0.2) is 78.1 Å². The summed E-state index contributed by atoms with van der Waals surface area (Å²) >= 11 is 0. The molecule has 0 fully saturated rings. The first-order chi connectivity index (χ1) is 14.9. The second-order valence-electron chi connectivity index (χ2n) is 8.94. The molecule has 0 radical (unpaired) electrons. The second kappa shape index (κ2) is 7.23. The Hall–Kier alpha value is -3.67. The molecule has 156 valence electrons. The average Bonchev–Trinajstić information content (AvgIpc) is 3.14. The van der Waals surface area contributed by atoms with Crippen LogP contribution in [0.3, 0.4) is 0 Å². The van der Waals surface area contributed by atoms with Gasteiger partial charge in [0, 0.05) is 23.3 Å². The lowest BCUT2D eigenvalue weighted by Crippen LogP contribution is -2.36. The van der Waals surface area contributed by atoms with Crippen LogP contribution in [0.4, 0.5) is 11.5 Å². The molecule has 5 rings (SSSR count). The van der Waals surface area contributed by atoms with Gasteiger partial charge < -0.3 is 10.6 Å². The lowest BCUT2D eigenvalue weighted by molar-refractivity contribution is -0.118. The number of hydrogen-bond acceptors (Lipinski definition) is 4. The van der Waals surface area contributed by atoms with Gasteiger partial charge in [-0.15, -0.1) is 0 Å². The number of nitrogens with one attached hydrogen (secondary N) is 2. The minimum Gasteiger partial charge on any atom is -0.342 e. The van der Waals surface area contributed by atoms with Crippen LogP contribution < -0.4 is 10.6 Å². The number of fused-ring (bicyclic) bond motifs is 1. The molecule has 1 aromatic heterocycles. The number of Topliss-reactive ketones (excluding diaryl/α,β-unsaturated/α-hetero) is 1. The number of aromatic nitrogens is 2. The maximum Gasteiger partial charge on any atom is 0.255 e. The summed E-state index contributed by atoms with van der Waals surface area (Å²) in [5, 5.41) is 11.0. The SMILES string of the molecule is CC1(C)CC(=O)C2=C(C1)Nc1c(NC(=O)c3ccccc3)cnn1[C@@H]2c1ccccc1. The van der Waals surface area contributed by atoms with Crippen molar-refractivity contribution < 1.29 is 9.59 Å². The first kappa shape index (κ1) is 19.3. The fourth-order valence-corrected chi connectivity index (χ4v) is 4.53. The highest BCUT2D eigenvalue weighted by atomic mass is 16.1. The quantitative estimate of drug-likeness (QED) is 0.648. The topological polar surface area (TPSA) is 76.0 Å². The van der Waals surface area contributed by atoms with Crippen molar-refractivity contribution in [1.29, 1.82) is 0 Å². The highest BCUT2D eigenvalue weighted by molar-refractivity contribution is 6.06. The molecular weight excluding hydrogens is 388 g/mol. The van der Waals surface area contributed by atoms with Gasteiger partial charge in [-0.3, -0.25) is 9.59 Å². The Labute approximate surface area is 181 Å². The number of carbonyl (C=O) groups excluding carboxylic acids is 2. The Morgan fingerprint density at radius 3 is 2.45 bits per heavy atom. The van der Waals surface area contributed by atoms with Gasteiger partial charge >= 0.3 is 0 Å². The maximum absolute atomic E-state index is 13.2. The molecule has 2 aromatic carbocycles. The predicted molar refractivity (Wildman–Crippen MR) is 120 cm³/mol. The van der Waals surface area contributed by atoms with Gasteiger partial charge in [0.15, 0.2) is 11.6 Å². The summed E-state index contributed by atoms with van der Waals surface area (Å²) < 4.78 is 1.81. The second-order valence-corrected chi connectivity index (χ2v) is 8.94. The van der Waals surface area contributed by atoms with Gasteiger partial charge in [0.25, 0.3) is 5.91 Å². The van der Waals surface area contributed by atoms with Crippen LogP contribution >= 0.6 is 0 Å². The van der Waals surface area contributed by atoms with Gasteiger partial charge in [0.1, 0.15) is 11.7 Å². The van der Waals surface area contributed by atoms with Gasteiger partial charge in [-0.25, -0.2) is 4.68 Å². The summed E-state index contributed by atoms with van der Waals surface area (Å²) in [5.74, 6) is 0.639. The van der Waals surface area contributed by atoms with Crippen molar-refractivity contribution in [2.75, 3.05) is 10.6 Å². The van der Waals surface area contributed by atoms with E-state index in [0.717, 1.165) is 23.3 Å². The number of anilines is 2. The van der Waals surface area contributed by atoms with Crippen molar-refractivity contribution in [3.05, 3.63) is 89.3 Å². The highest BCUT2D eigenvalue weighted by Gasteiger charge is 2.41. The molecule has 1 atom stereocenters. The maximum atomic E-state index is 13.2. The molecule has 2 aliphatic rings. The molecule has 6 heteroatoms. The van der Waals surface area contributed by atoms with E-state index in [1.165, 1.54) is 0 Å². The van der Waals surface area contributed by atoms with Gasteiger partial charge in [0.2, 0.25) is 0 Å². The van der Waals surface area contributed by atoms with Crippen molar-refractivity contribution in [1.82, 2.24) is 9.78 Å². The lowest BCUT2D eigenvalue weighted by atomic mass is 9.73. The molecule has 31 heavy (non-hydrogen) atoms. The molecule has 1 amide bonds. The Balaban J connectivity index is 1.58. The van der Waals surface area contributed by atoms with E-state index in [2.05, 4.69) is 29.6 Å². The third-order valence-corrected chi connectivity index (χ3v) is 5.90. The number of rotatable bonds is 3. The molecule has 1 aliphatic heterocycles. The van der Waals surface area contributed by atoms with E-state index in [0.29, 0.717) is 23.5 Å². The third kappa shape index (κ3) is 3.44. The molecule has 6 nitrogen and oxygen atoms in total. The van der Waals surface area contributed by atoms with Gasteiger partial charge in [0.05, 0.1) is 6.20 Å². The van der Waals surface area contributed by atoms with Crippen molar-refractivity contribution in [2.24, 2.45) is 5.41 Å². The fraction of sp³-hybridized carbons (Fsp3) is 0.240. The van der Waals surface area contributed by atoms with Gasteiger partial charge in [-0.2, -0.15) is 5.10 Å². The summed E-state index contributed by atoms with van der Waals surface area (Å²) in [5.41, 5.74) is 3.72. The van der Waals surface area contributed by atoms with Crippen LogP contribution in [0.2, 0.25) is 0 Å². The number of allylic oxidation sites excluding steroid dienone is 2. The van der Waals surface area contributed by atoms with E-state index in [1.54, 1.807) is 18.3 Å². The van der Waals surface area contributed by atoms with Crippen molar-refractivity contribution >= 4 is 23.2 Å². The number of carbonyl (C=O) groups is 2. The molecule has 2 N–H and O–H groups in total. The summed E-state index contributed by atoms with van der Waals surface area (Å²) in [4.78, 5) is 25.9. The van der Waals surface area contributed by atoms with E-state index in [9.17, 15) is 9.59 Å². The standard InChI is InChI=1S/C25H24N4O2/c1-25(2)13-18-21(20(30)14-25)22(16-9-5-3-6-10-16)29-23(27-18)19(15-26-29)28-24(31)17-11-7-4-8-12-17/h3-12,15,22,27H,13-14H2,1-2H3,(H,28,31)/t22-/m1/s1. The molecule has 0 saturated carbocycles. The summed E-state index contributed by atoms with van der Waals surface area (Å²) in [6.07, 6.45) is 2.91. The van der Waals surface area contributed by atoms with E-state index in [4.69, 9.17) is 0 Å². The zero-order valence-corrected chi connectivity index (χ0v) is 17.6. The Morgan fingerprint density at radius 1 is 1.06 bits per heavy atom. The number of benzene rings is 2. The summed E-state index contributed by atoms with van der Waals surface area (Å²) in [7, 11) is 0. The first-order valence-corrected chi connectivity index (χ1v) is 10.4. The number of hydrogen-bond donors (Lipinski definition) is 2. The molecule has 0 saturated heterocycles.